The topological polar surface area (TPSA) is 78.5 Å². The average Bonchev–Trinajstić information content (AvgIpc) is 2.44. The number of aliphatic hydroxyl groups is 2. The fourth-order valence-electron chi connectivity index (χ4n) is 1.26. The van der Waals surface area contributed by atoms with Crippen molar-refractivity contribution >= 4 is 58.3 Å². The second-order valence-electron chi connectivity index (χ2n) is 4.23. The molecule has 0 bridgehead atoms. The van der Waals surface area contributed by atoms with Crippen LogP contribution in [0.3, 0.4) is 0 Å². The number of rotatable bonds is 7. The van der Waals surface area contributed by atoms with Crippen molar-refractivity contribution in [3.63, 3.8) is 0 Å². The lowest BCUT2D eigenvalue weighted by Gasteiger charge is -2.08. The molecule has 1 aromatic rings. The number of benzene rings is 1. The highest BCUT2D eigenvalue weighted by Crippen LogP contribution is 2.27. The van der Waals surface area contributed by atoms with Crippen LogP contribution in [0.4, 0.5) is 0 Å². The van der Waals surface area contributed by atoms with Crippen molar-refractivity contribution in [3.05, 3.63) is 24.3 Å². The minimum absolute atomic E-state index is 0.129. The lowest BCUT2D eigenvalue weighted by Crippen LogP contribution is -2.22. The number of thiocarbonyl (C=S) groups is 2. The Bertz CT molecular complexity index is 451. The van der Waals surface area contributed by atoms with Crippen LogP contribution in [0.1, 0.15) is 20.3 Å². The van der Waals surface area contributed by atoms with Gasteiger partial charge in [-0.25, -0.2) is 0 Å². The summed E-state index contributed by atoms with van der Waals surface area (Å²) in [6.07, 6.45) is 1.19. The summed E-state index contributed by atoms with van der Waals surface area (Å²) in [6, 6.07) is 8.63. The van der Waals surface area contributed by atoms with Crippen molar-refractivity contribution in [3.8, 4) is 0 Å². The SMILES string of the molecule is CCC(C)Sc1ccc(SCCNC(O)=S)cc1.NC(O)=S. The van der Waals surface area contributed by atoms with Gasteiger partial charge in [0.15, 0.2) is 0 Å². The highest BCUT2D eigenvalue weighted by atomic mass is 32.2. The molecule has 0 spiro atoms. The molecule has 0 fully saturated rings. The van der Waals surface area contributed by atoms with Gasteiger partial charge >= 0.3 is 0 Å². The Morgan fingerprint density at radius 2 is 1.73 bits per heavy atom. The van der Waals surface area contributed by atoms with Gasteiger partial charge in [-0.15, -0.1) is 23.5 Å². The van der Waals surface area contributed by atoms with E-state index in [4.69, 9.17) is 10.2 Å². The second-order valence-corrected chi connectivity index (χ2v) is 7.71. The molecule has 5 N–H and O–H groups in total. The van der Waals surface area contributed by atoms with Crippen molar-refractivity contribution in [2.24, 2.45) is 5.73 Å². The van der Waals surface area contributed by atoms with Crippen molar-refractivity contribution in [2.45, 2.75) is 35.3 Å². The van der Waals surface area contributed by atoms with E-state index >= 15 is 0 Å². The van der Waals surface area contributed by atoms with Gasteiger partial charge in [-0.1, -0.05) is 13.8 Å². The first-order valence-electron chi connectivity index (χ1n) is 6.69. The Morgan fingerprint density at radius 3 is 2.18 bits per heavy atom. The highest BCUT2D eigenvalue weighted by molar-refractivity contribution is 8.00. The first kappa shape index (κ1) is 21.3. The molecule has 0 aliphatic heterocycles. The van der Waals surface area contributed by atoms with E-state index in [2.05, 4.69) is 73.6 Å². The molecule has 22 heavy (non-hydrogen) atoms. The van der Waals surface area contributed by atoms with Gasteiger partial charge in [-0.2, -0.15) is 0 Å². The number of hydrogen-bond donors (Lipinski definition) is 4. The van der Waals surface area contributed by atoms with Crippen LogP contribution in [0.5, 0.6) is 0 Å². The third-order valence-electron chi connectivity index (χ3n) is 2.38. The van der Waals surface area contributed by atoms with E-state index in [1.807, 2.05) is 11.8 Å². The van der Waals surface area contributed by atoms with E-state index in [1.54, 1.807) is 11.8 Å². The molecule has 0 heterocycles. The normalized spacial score (nSPS) is 11.0. The lowest BCUT2D eigenvalue weighted by atomic mass is 10.4. The molecule has 1 unspecified atom stereocenters. The van der Waals surface area contributed by atoms with Crippen LogP contribution >= 0.6 is 48.0 Å². The maximum absolute atomic E-state index is 8.80. The lowest BCUT2D eigenvalue weighted by molar-refractivity contribution is 0.535. The molecule has 8 heteroatoms. The molecule has 1 atom stereocenters. The van der Waals surface area contributed by atoms with Crippen LogP contribution in [0, 0.1) is 0 Å². The number of thioether (sulfide) groups is 2. The summed E-state index contributed by atoms with van der Waals surface area (Å²) in [5.74, 6) is 0.887. The standard InChI is InChI=1S/C13H19NOS3.CH3NOS/c1-3-10(2)18-12-6-4-11(5-7-12)17-9-8-14-13(15)16;2-1(3)4/h4-7,10H,3,8-9H2,1-2H3,(H2,14,15,16);(H3,2,3,4). The van der Waals surface area contributed by atoms with Gasteiger partial charge in [-0.3, -0.25) is 0 Å². The molecule has 1 rings (SSSR count). The number of nitrogens with two attached hydrogens (primary N) is 1. The predicted molar refractivity (Wildman–Crippen MR) is 105 cm³/mol. The van der Waals surface area contributed by atoms with Gasteiger partial charge in [0.25, 0.3) is 10.3 Å². The van der Waals surface area contributed by atoms with E-state index in [9.17, 15) is 0 Å². The molecule has 0 radical (unpaired) electrons. The Balaban J connectivity index is 0.000000980. The molecule has 4 nitrogen and oxygen atoms in total. The summed E-state index contributed by atoms with van der Waals surface area (Å²) >= 11 is 12.1. The van der Waals surface area contributed by atoms with E-state index in [0.29, 0.717) is 11.8 Å². The van der Waals surface area contributed by atoms with Crippen LogP contribution in [0.15, 0.2) is 34.1 Å². The molecule has 1 aromatic carbocycles. The van der Waals surface area contributed by atoms with E-state index in [-0.39, 0.29) is 5.17 Å². The van der Waals surface area contributed by atoms with Crippen molar-refractivity contribution < 1.29 is 10.2 Å². The Labute approximate surface area is 151 Å². The van der Waals surface area contributed by atoms with Crippen molar-refractivity contribution in [1.82, 2.24) is 5.32 Å². The Kier molecular flexibility index (Phi) is 12.4. The summed E-state index contributed by atoms with van der Waals surface area (Å²) in [6.45, 7) is 5.14. The third-order valence-corrected chi connectivity index (χ3v) is 4.82. The molecule has 0 saturated heterocycles. The maximum Gasteiger partial charge on any atom is 0.254 e. The van der Waals surface area contributed by atoms with Crippen LogP contribution in [-0.4, -0.2) is 38.1 Å². The minimum atomic E-state index is -0.500. The summed E-state index contributed by atoms with van der Waals surface area (Å²) in [4.78, 5) is 2.57. The number of aliphatic hydroxyl groups excluding tert-OH is 2. The minimum Gasteiger partial charge on any atom is -0.487 e. The third kappa shape index (κ3) is 13.0. The fraction of sp³-hybridized carbons (Fsp3) is 0.429. The molecule has 0 saturated carbocycles. The molecular weight excluding hydrogens is 356 g/mol. The zero-order chi connectivity index (χ0) is 17.0. The summed E-state index contributed by atoms with van der Waals surface area (Å²) in [5.41, 5.74) is 4.40. The monoisotopic (exact) mass is 378 g/mol. The molecule has 0 aliphatic rings. The fourth-order valence-corrected chi connectivity index (χ4v) is 3.05. The molecule has 0 aromatic heterocycles. The molecule has 0 aliphatic carbocycles. The van der Waals surface area contributed by atoms with Gasteiger partial charge in [0.2, 0.25) is 0 Å². The molecule has 0 amide bonds. The highest BCUT2D eigenvalue weighted by Gasteiger charge is 2.02. The smallest absolute Gasteiger partial charge is 0.254 e. The molecule has 124 valence electrons. The number of hydrogen-bond acceptors (Lipinski definition) is 4. The van der Waals surface area contributed by atoms with Gasteiger partial charge < -0.3 is 21.3 Å². The first-order chi connectivity index (χ1) is 10.3. The van der Waals surface area contributed by atoms with Crippen molar-refractivity contribution in [2.75, 3.05) is 12.3 Å². The van der Waals surface area contributed by atoms with Gasteiger partial charge in [0.1, 0.15) is 0 Å². The van der Waals surface area contributed by atoms with Crippen molar-refractivity contribution in [1.29, 1.82) is 0 Å². The van der Waals surface area contributed by atoms with E-state index in [1.165, 1.54) is 16.2 Å². The Hall–Kier alpha value is -0.700. The van der Waals surface area contributed by atoms with Crippen LogP contribution in [0.25, 0.3) is 0 Å². The average molecular weight is 379 g/mol. The van der Waals surface area contributed by atoms with Crippen LogP contribution in [-0.2, 0) is 0 Å². The van der Waals surface area contributed by atoms with Crippen LogP contribution < -0.4 is 11.1 Å². The van der Waals surface area contributed by atoms with Crippen LogP contribution in [0.2, 0.25) is 0 Å². The zero-order valence-corrected chi connectivity index (χ0v) is 15.9. The van der Waals surface area contributed by atoms with Gasteiger partial charge in [0, 0.05) is 27.3 Å². The number of nitrogens with one attached hydrogen (secondary N) is 1. The van der Waals surface area contributed by atoms with E-state index < -0.39 is 5.17 Å². The second kappa shape index (κ2) is 12.8. The summed E-state index contributed by atoms with van der Waals surface area (Å²) in [5, 5.41) is 19.1. The summed E-state index contributed by atoms with van der Waals surface area (Å²) < 4.78 is 0. The van der Waals surface area contributed by atoms with E-state index in [0.717, 1.165) is 5.75 Å². The predicted octanol–water partition coefficient (Wildman–Crippen LogP) is 3.89. The van der Waals surface area contributed by atoms with Gasteiger partial charge in [-0.05, 0) is 55.1 Å². The quantitative estimate of drug-likeness (QED) is 0.323. The Morgan fingerprint density at radius 1 is 1.23 bits per heavy atom. The largest absolute Gasteiger partial charge is 0.487 e. The van der Waals surface area contributed by atoms with Gasteiger partial charge in [0.05, 0.1) is 0 Å². The first-order valence-corrected chi connectivity index (χ1v) is 9.38. The summed E-state index contributed by atoms with van der Waals surface area (Å²) in [7, 11) is 0. The zero-order valence-electron chi connectivity index (χ0n) is 12.6. The molecular formula is C14H22N2O2S4. The maximum atomic E-state index is 8.80.